The minimum absolute atomic E-state index is 0.464. The van der Waals surface area contributed by atoms with Crippen LogP contribution in [0.3, 0.4) is 0 Å². The van der Waals surface area contributed by atoms with E-state index in [0.29, 0.717) is 9.80 Å². The molecule has 0 radical (unpaired) electrons. The van der Waals surface area contributed by atoms with Crippen LogP contribution in [0, 0.1) is 0 Å². The Balaban J connectivity index is 5.03. The standard InChI is InChI=1S/C6H20N2O12P4/c9-21(10,11)3-7(4-22(12,13)14)1-2-8(5-23(15,16)17)6-24(18,19)20/h9-11H,1-6H2,(H5-,12,13,14,15,16,17,18,19,20)/p+1. The van der Waals surface area contributed by atoms with Crippen molar-refractivity contribution in [3.8, 4) is 0 Å². The van der Waals surface area contributed by atoms with Gasteiger partial charge in [0.05, 0.1) is 0 Å². The van der Waals surface area contributed by atoms with Crippen molar-refractivity contribution in [2.75, 3.05) is 38.2 Å². The van der Waals surface area contributed by atoms with Crippen LogP contribution >= 0.6 is 30.7 Å². The first-order valence-corrected chi connectivity index (χ1v) is 13.2. The molecule has 24 heavy (non-hydrogen) atoms. The van der Waals surface area contributed by atoms with E-state index in [9.17, 15) is 13.7 Å². The topological polar surface area (TPSA) is 240 Å². The van der Waals surface area contributed by atoms with Crippen molar-refractivity contribution in [1.82, 2.24) is 9.80 Å². The lowest BCUT2D eigenvalue weighted by atomic mass is 10.5. The molecule has 0 aliphatic carbocycles. The predicted octanol–water partition coefficient (Wildman–Crippen LogP) is -2.31. The lowest BCUT2D eigenvalue weighted by molar-refractivity contribution is 0.220. The third-order valence-corrected chi connectivity index (χ3v) is 5.36. The van der Waals surface area contributed by atoms with Crippen LogP contribution in [0.15, 0.2) is 0 Å². The molecule has 18 heteroatoms. The molecule has 0 unspecified atom stereocenters. The Kier molecular flexibility index (Phi) is 9.31. The molecule has 0 aromatic carbocycles. The molecule has 0 aromatic rings. The van der Waals surface area contributed by atoms with Gasteiger partial charge < -0.3 is 29.4 Å². The van der Waals surface area contributed by atoms with Crippen molar-refractivity contribution in [3.63, 3.8) is 0 Å². The van der Waals surface area contributed by atoms with Crippen LogP contribution < -0.4 is 0 Å². The van der Waals surface area contributed by atoms with Crippen LogP contribution in [0.1, 0.15) is 0 Å². The highest BCUT2D eigenvalue weighted by atomic mass is 31.2. The summed E-state index contributed by atoms with van der Waals surface area (Å²) in [6.07, 6.45) is -3.99. The second-order valence-corrected chi connectivity index (χ2v) is 11.5. The number of hydrogen-bond donors (Lipinski definition) is 9. The van der Waals surface area contributed by atoms with Gasteiger partial charge in [-0.2, -0.15) is 14.7 Å². The van der Waals surface area contributed by atoms with Crippen LogP contribution in [0.5, 0.6) is 0 Å². The molecule has 0 saturated heterocycles. The molecular weight excluding hydrogens is 416 g/mol. The van der Waals surface area contributed by atoms with Gasteiger partial charge in [0, 0.05) is 13.1 Å². The minimum atomic E-state index is -4.68. The molecule has 0 fully saturated rings. The third kappa shape index (κ3) is 16.2. The summed E-state index contributed by atoms with van der Waals surface area (Å²) in [6, 6.07) is 0. The summed E-state index contributed by atoms with van der Waals surface area (Å²) in [5.74, 6) is 0. The maximum atomic E-state index is 11.0. The van der Waals surface area contributed by atoms with E-state index in [2.05, 4.69) is 0 Å². The first kappa shape index (κ1) is 24.7. The van der Waals surface area contributed by atoms with E-state index >= 15 is 0 Å². The van der Waals surface area contributed by atoms with Gasteiger partial charge in [0.1, 0.15) is 18.9 Å². The average Bonchev–Trinajstić information content (AvgIpc) is 2.16. The van der Waals surface area contributed by atoms with Crippen LogP contribution in [0.25, 0.3) is 0 Å². The highest BCUT2D eigenvalue weighted by Gasteiger charge is 2.36. The third-order valence-electron chi connectivity index (χ3n) is 2.27. The number of nitrogens with zero attached hydrogens (tertiary/aromatic N) is 2. The van der Waals surface area contributed by atoms with Crippen molar-refractivity contribution >= 4 is 30.7 Å². The summed E-state index contributed by atoms with van der Waals surface area (Å²) in [4.78, 5) is 81.7. The molecule has 0 atom stereocenters. The molecule has 0 aliphatic heterocycles. The lowest BCUT2D eigenvalue weighted by Gasteiger charge is -2.27. The fourth-order valence-electron chi connectivity index (χ4n) is 1.71. The Morgan fingerprint density at radius 1 is 0.625 bits per heavy atom. The van der Waals surface area contributed by atoms with E-state index in [1.165, 1.54) is 0 Å². The lowest BCUT2D eigenvalue weighted by Crippen LogP contribution is -2.37. The zero-order chi connectivity index (χ0) is 19.4. The zero-order valence-electron chi connectivity index (χ0n) is 12.2. The highest BCUT2D eigenvalue weighted by Crippen LogP contribution is 2.47. The summed E-state index contributed by atoms with van der Waals surface area (Å²) in [7, 11) is -18.5. The summed E-state index contributed by atoms with van der Waals surface area (Å²) in [6.45, 7) is -0.940. The second kappa shape index (κ2) is 9.05. The largest absolute Gasteiger partial charge is 0.419 e. The van der Waals surface area contributed by atoms with Crippen molar-refractivity contribution < 1.29 is 57.7 Å². The van der Waals surface area contributed by atoms with Gasteiger partial charge in [0.2, 0.25) is 0 Å². The molecule has 146 valence electrons. The normalized spacial score (nSPS) is 14.6. The van der Waals surface area contributed by atoms with Crippen LogP contribution in [0.4, 0.5) is 0 Å². The van der Waals surface area contributed by atoms with Crippen LogP contribution in [-0.4, -0.2) is 92.1 Å². The average molecular weight is 437 g/mol. The molecule has 0 bridgehead atoms. The van der Waals surface area contributed by atoms with Crippen molar-refractivity contribution in [3.05, 3.63) is 0 Å². The van der Waals surface area contributed by atoms with Gasteiger partial charge in [-0.1, -0.05) is 0 Å². The maximum Gasteiger partial charge on any atom is 0.419 e. The monoisotopic (exact) mass is 437 g/mol. The fourth-order valence-corrected chi connectivity index (χ4v) is 5.09. The summed E-state index contributed by atoms with van der Waals surface area (Å²) in [5.41, 5.74) is 0. The molecule has 0 aliphatic rings. The van der Waals surface area contributed by atoms with E-state index in [1.807, 2.05) is 0 Å². The van der Waals surface area contributed by atoms with Crippen LogP contribution in [0.2, 0.25) is 0 Å². The second-order valence-electron chi connectivity index (χ2n) is 5.04. The SMILES string of the molecule is O=P(O)(O)CN(CCN(CP(=O)(O)O)C[P+](O)(O)O)CP(=O)(O)O. The summed E-state index contributed by atoms with van der Waals surface area (Å²) < 4.78 is 32.9. The van der Waals surface area contributed by atoms with Crippen molar-refractivity contribution in [2.45, 2.75) is 0 Å². The molecule has 0 rings (SSSR count). The highest BCUT2D eigenvalue weighted by molar-refractivity contribution is 7.58. The Labute approximate surface area is 137 Å². The number of hydrogen-bond acceptors (Lipinski definition) is 8. The smallest absolute Gasteiger partial charge is 0.324 e. The first-order valence-electron chi connectivity index (χ1n) is 6.01. The zero-order valence-corrected chi connectivity index (χ0v) is 15.8. The Morgan fingerprint density at radius 2 is 0.917 bits per heavy atom. The Bertz CT molecular complexity index is 508. The van der Waals surface area contributed by atoms with E-state index in [-0.39, 0.29) is 0 Å². The molecule has 14 nitrogen and oxygen atoms in total. The molecule has 0 aromatic heterocycles. The summed E-state index contributed by atoms with van der Waals surface area (Å²) >= 11 is 0. The van der Waals surface area contributed by atoms with Gasteiger partial charge in [-0.05, 0) is 0 Å². The quantitative estimate of drug-likeness (QED) is 0.154. The minimum Gasteiger partial charge on any atom is -0.324 e. The first-order chi connectivity index (χ1) is 10.4. The predicted molar refractivity (Wildman–Crippen MR) is 82.6 cm³/mol. The van der Waals surface area contributed by atoms with Gasteiger partial charge in [0.15, 0.2) is 6.29 Å². The van der Waals surface area contributed by atoms with Gasteiger partial charge in [-0.15, -0.1) is 0 Å². The van der Waals surface area contributed by atoms with E-state index in [4.69, 9.17) is 44.0 Å². The van der Waals surface area contributed by atoms with E-state index < -0.39 is 69.0 Å². The van der Waals surface area contributed by atoms with Crippen molar-refractivity contribution in [1.29, 1.82) is 0 Å². The van der Waals surface area contributed by atoms with Gasteiger partial charge in [0.25, 0.3) is 0 Å². The molecular formula is C6H21N2O12P4+. The van der Waals surface area contributed by atoms with Crippen LogP contribution in [-0.2, 0) is 13.7 Å². The molecule has 0 heterocycles. The molecule has 0 spiro atoms. The van der Waals surface area contributed by atoms with Gasteiger partial charge in [-0.25, -0.2) is 0 Å². The summed E-state index contributed by atoms with van der Waals surface area (Å²) in [5, 5.41) is 0. The molecule has 0 amide bonds. The Morgan fingerprint density at radius 3 is 1.21 bits per heavy atom. The van der Waals surface area contributed by atoms with E-state index in [0.717, 1.165) is 0 Å². The van der Waals surface area contributed by atoms with Gasteiger partial charge in [-0.3, -0.25) is 23.5 Å². The fraction of sp³-hybridized carbons (Fsp3) is 1.00. The molecule has 0 saturated carbocycles. The molecule has 9 N–H and O–H groups in total. The van der Waals surface area contributed by atoms with E-state index in [1.54, 1.807) is 0 Å². The van der Waals surface area contributed by atoms with Crippen molar-refractivity contribution in [2.24, 2.45) is 0 Å². The maximum absolute atomic E-state index is 11.0. The Hall–Kier alpha value is 0.680. The van der Waals surface area contributed by atoms with Gasteiger partial charge >= 0.3 is 30.7 Å². The number of rotatable bonds is 11.